The van der Waals surface area contributed by atoms with Gasteiger partial charge in [-0.05, 0) is 81.3 Å². The average Bonchev–Trinajstić information content (AvgIpc) is 3.78. The Kier molecular flexibility index (Phi) is 10.6. The van der Waals surface area contributed by atoms with Crippen LogP contribution in [0.4, 0.5) is 36.8 Å². The van der Waals surface area contributed by atoms with Crippen molar-refractivity contribution in [1.29, 1.82) is 0 Å². The second kappa shape index (κ2) is 13.9. The second-order valence-corrected chi connectivity index (χ2v) is 12.0. The molecule has 3 fully saturated rings. The number of hydrogen-bond acceptors (Lipinski definition) is 5. The summed E-state index contributed by atoms with van der Waals surface area (Å²) in [6.07, 6.45) is -4.04. The predicted molar refractivity (Wildman–Crippen MR) is 155 cm³/mol. The molecule has 2 unspecified atom stereocenters. The summed E-state index contributed by atoms with van der Waals surface area (Å²) in [5.74, 6) is 0.0845. The quantitative estimate of drug-likeness (QED) is 0.290. The van der Waals surface area contributed by atoms with E-state index in [0.29, 0.717) is 29.7 Å². The molecule has 5 rings (SSSR count). The highest BCUT2D eigenvalue weighted by atomic mass is 19.4. The first-order chi connectivity index (χ1) is 21.1. The minimum atomic E-state index is -4.99. The number of carboxylic acids is 1. The largest absolute Gasteiger partial charge is 0.481 e. The van der Waals surface area contributed by atoms with E-state index in [0.717, 1.165) is 57.1 Å². The van der Waals surface area contributed by atoms with Crippen molar-refractivity contribution in [2.45, 2.75) is 103 Å². The van der Waals surface area contributed by atoms with E-state index in [2.05, 4.69) is 11.8 Å². The molecule has 13 heteroatoms. The number of alkyl halides is 6. The normalized spacial score (nSPS) is 20.8. The lowest BCUT2D eigenvalue weighted by Crippen LogP contribution is -2.35. The molecular formula is C32H39F6N3O4. The molecule has 248 valence electrons. The van der Waals surface area contributed by atoms with Crippen molar-refractivity contribution >= 4 is 17.7 Å². The number of pyridine rings is 1. The number of amides is 1. The summed E-state index contributed by atoms with van der Waals surface area (Å²) in [5.41, 5.74) is -0.733. The smallest absolute Gasteiger partial charge is 0.416 e. The zero-order valence-electron chi connectivity index (χ0n) is 25.5. The summed E-state index contributed by atoms with van der Waals surface area (Å²) >= 11 is 0. The van der Waals surface area contributed by atoms with Crippen LogP contribution in [-0.2, 0) is 28.4 Å². The lowest BCUT2D eigenvalue weighted by Gasteiger charge is -2.32. The Morgan fingerprint density at radius 1 is 1.00 bits per heavy atom. The molecule has 1 amide bonds. The Hall–Kier alpha value is -3.51. The van der Waals surface area contributed by atoms with Crippen LogP contribution in [0.3, 0.4) is 0 Å². The molecule has 2 aliphatic carbocycles. The van der Waals surface area contributed by atoms with Crippen LogP contribution in [0.5, 0.6) is 0 Å². The van der Waals surface area contributed by atoms with Gasteiger partial charge in [-0.1, -0.05) is 19.3 Å². The number of carbonyl (C=O) groups is 2. The minimum Gasteiger partial charge on any atom is -0.481 e. The molecule has 2 aromatic rings. The molecule has 1 aromatic heterocycles. The first-order valence-electron chi connectivity index (χ1n) is 15.3. The third kappa shape index (κ3) is 8.82. The van der Waals surface area contributed by atoms with Crippen LogP contribution >= 0.6 is 0 Å². The number of carbonyl (C=O) groups excluding carboxylic acids is 1. The number of aliphatic carboxylic acids is 1. The van der Waals surface area contributed by atoms with Crippen LogP contribution in [0.1, 0.15) is 106 Å². The third-order valence-electron chi connectivity index (χ3n) is 8.54. The molecule has 45 heavy (non-hydrogen) atoms. The Morgan fingerprint density at radius 3 is 2.09 bits per heavy atom. The molecule has 1 aliphatic heterocycles. The Morgan fingerprint density at radius 2 is 1.58 bits per heavy atom. The maximum atomic E-state index is 13.5. The average molecular weight is 644 g/mol. The van der Waals surface area contributed by atoms with E-state index in [4.69, 9.17) is 19.6 Å². The number of aromatic nitrogens is 1. The van der Waals surface area contributed by atoms with Crippen LogP contribution in [0.2, 0.25) is 0 Å². The molecule has 0 spiro atoms. The van der Waals surface area contributed by atoms with Crippen molar-refractivity contribution in [3.05, 3.63) is 58.4 Å². The summed E-state index contributed by atoms with van der Waals surface area (Å²) in [7, 11) is 0. The molecule has 1 saturated heterocycles. The van der Waals surface area contributed by atoms with Crippen LogP contribution in [-0.4, -0.2) is 46.2 Å². The molecule has 3 aliphatic rings. The van der Waals surface area contributed by atoms with Gasteiger partial charge in [-0.2, -0.15) is 26.3 Å². The number of hydrogen-bond donors (Lipinski definition) is 1. The van der Waals surface area contributed by atoms with Gasteiger partial charge >= 0.3 is 18.4 Å². The van der Waals surface area contributed by atoms with Gasteiger partial charge in [0.05, 0.1) is 35.1 Å². The van der Waals surface area contributed by atoms with Crippen molar-refractivity contribution < 1.29 is 45.8 Å². The van der Waals surface area contributed by atoms with Gasteiger partial charge in [0, 0.05) is 31.6 Å². The van der Waals surface area contributed by atoms with Crippen LogP contribution < -0.4 is 4.90 Å². The van der Waals surface area contributed by atoms with Gasteiger partial charge < -0.3 is 14.7 Å². The van der Waals surface area contributed by atoms with E-state index in [-0.39, 0.29) is 18.2 Å². The molecule has 2 saturated carbocycles. The number of cyclic esters (lactones) is 1. The first kappa shape index (κ1) is 34.4. The highest BCUT2D eigenvalue weighted by Crippen LogP contribution is 2.43. The van der Waals surface area contributed by atoms with Crippen LogP contribution in [0, 0.1) is 5.92 Å². The molecule has 7 nitrogen and oxygen atoms in total. The molecule has 0 bridgehead atoms. The van der Waals surface area contributed by atoms with E-state index >= 15 is 0 Å². The zero-order chi connectivity index (χ0) is 33.1. The summed E-state index contributed by atoms with van der Waals surface area (Å²) in [6, 6.07) is 4.58. The third-order valence-corrected chi connectivity index (χ3v) is 8.54. The number of nitrogens with zero attached hydrogens (tertiary/aromatic N) is 3. The SMILES string of the molecule is CC(=O)O.CCN(CC1CCCCC1)c1ccc(C2CC2)nc1CN1C(=O)OC(c2cc(C(F)(F)F)cc(C(F)(F)F)c2)C1C. The number of carboxylic acid groups (broad SMARTS) is 1. The number of ether oxygens (including phenoxy) is 1. The van der Waals surface area contributed by atoms with Crippen molar-refractivity contribution in [3.63, 3.8) is 0 Å². The van der Waals surface area contributed by atoms with E-state index in [1.807, 2.05) is 12.1 Å². The van der Waals surface area contributed by atoms with Crippen molar-refractivity contribution in [3.8, 4) is 0 Å². The maximum Gasteiger partial charge on any atom is 0.416 e. The summed E-state index contributed by atoms with van der Waals surface area (Å²) in [5, 5.41) is 7.42. The predicted octanol–water partition coefficient (Wildman–Crippen LogP) is 8.58. The van der Waals surface area contributed by atoms with Gasteiger partial charge in [-0.3, -0.25) is 14.7 Å². The van der Waals surface area contributed by atoms with E-state index in [1.54, 1.807) is 6.92 Å². The summed E-state index contributed by atoms with van der Waals surface area (Å²) < 4.78 is 86.4. The van der Waals surface area contributed by atoms with Gasteiger partial charge in [0.1, 0.15) is 6.10 Å². The van der Waals surface area contributed by atoms with Crippen LogP contribution in [0.25, 0.3) is 0 Å². The van der Waals surface area contributed by atoms with Crippen LogP contribution in [0.15, 0.2) is 30.3 Å². The van der Waals surface area contributed by atoms with Gasteiger partial charge in [0.25, 0.3) is 5.97 Å². The summed E-state index contributed by atoms with van der Waals surface area (Å²) in [6.45, 7) is 6.36. The topological polar surface area (TPSA) is 83.0 Å². The molecule has 0 radical (unpaired) electrons. The minimum absolute atomic E-state index is 0.0403. The highest BCUT2D eigenvalue weighted by molar-refractivity contribution is 5.71. The lowest BCUT2D eigenvalue weighted by molar-refractivity contribution is -0.143. The standard InChI is InChI=1S/C30H35F6N3O2.C2H4O2/c1-3-38(16-19-7-5-4-6-8-19)26-12-11-24(20-9-10-20)37-25(26)17-39-18(2)27(41-28(39)40)21-13-22(29(31,32)33)15-23(14-21)30(34,35)36;1-2(3)4/h11-15,18-20,27H,3-10,16-17H2,1-2H3;1H3,(H,3,4). The van der Waals surface area contributed by atoms with E-state index < -0.39 is 47.7 Å². The molecule has 1 N–H and O–H groups in total. The Bertz CT molecular complexity index is 1320. The maximum absolute atomic E-state index is 13.5. The van der Waals surface area contributed by atoms with E-state index in [1.165, 1.54) is 24.2 Å². The number of anilines is 1. The fourth-order valence-corrected chi connectivity index (χ4v) is 6.06. The Balaban J connectivity index is 0.00000109. The van der Waals surface area contributed by atoms with Gasteiger partial charge in [0.15, 0.2) is 0 Å². The summed E-state index contributed by atoms with van der Waals surface area (Å²) in [4.78, 5) is 30.6. The molecular weight excluding hydrogens is 604 g/mol. The fraction of sp³-hybridized carbons (Fsp3) is 0.594. The van der Waals surface area contributed by atoms with Gasteiger partial charge in [-0.25, -0.2) is 4.79 Å². The number of rotatable bonds is 8. The zero-order valence-corrected chi connectivity index (χ0v) is 25.5. The first-order valence-corrected chi connectivity index (χ1v) is 15.3. The van der Waals surface area contributed by atoms with Crippen molar-refractivity contribution in [2.24, 2.45) is 5.92 Å². The molecule has 1 aromatic carbocycles. The highest BCUT2D eigenvalue weighted by Gasteiger charge is 2.44. The molecule has 2 heterocycles. The number of halogens is 6. The van der Waals surface area contributed by atoms with E-state index in [9.17, 15) is 31.1 Å². The Labute approximate surface area is 258 Å². The lowest BCUT2D eigenvalue weighted by atomic mass is 9.89. The fourth-order valence-electron chi connectivity index (χ4n) is 6.06. The van der Waals surface area contributed by atoms with Gasteiger partial charge in [0.2, 0.25) is 0 Å². The monoisotopic (exact) mass is 643 g/mol. The van der Waals surface area contributed by atoms with Crippen molar-refractivity contribution in [1.82, 2.24) is 9.88 Å². The number of benzene rings is 1. The molecule has 2 atom stereocenters. The van der Waals surface area contributed by atoms with Gasteiger partial charge in [-0.15, -0.1) is 0 Å². The van der Waals surface area contributed by atoms with Crippen molar-refractivity contribution in [2.75, 3.05) is 18.0 Å². The second-order valence-electron chi connectivity index (χ2n) is 12.0.